The summed E-state index contributed by atoms with van der Waals surface area (Å²) in [7, 11) is 0. The van der Waals surface area contributed by atoms with Gasteiger partial charge in [-0.15, -0.1) is 0 Å². The van der Waals surface area contributed by atoms with Gasteiger partial charge < -0.3 is 15.4 Å². The summed E-state index contributed by atoms with van der Waals surface area (Å²) in [5.74, 6) is 2.13. The number of hydrogen-bond donors (Lipinski definition) is 1. The van der Waals surface area contributed by atoms with E-state index in [0.29, 0.717) is 18.4 Å². The van der Waals surface area contributed by atoms with Crippen molar-refractivity contribution in [1.82, 2.24) is 9.97 Å². The first-order valence-electron chi connectivity index (χ1n) is 6.16. The van der Waals surface area contributed by atoms with Crippen LogP contribution in [0.1, 0.15) is 20.3 Å². The van der Waals surface area contributed by atoms with Gasteiger partial charge in [0.05, 0.1) is 6.61 Å². The van der Waals surface area contributed by atoms with Crippen LogP contribution in [0, 0.1) is 5.92 Å². The van der Waals surface area contributed by atoms with E-state index in [1.807, 2.05) is 13.0 Å². The predicted octanol–water partition coefficient (Wildman–Crippen LogP) is 1.05. The van der Waals surface area contributed by atoms with Crippen LogP contribution in [0.5, 0.6) is 5.88 Å². The van der Waals surface area contributed by atoms with Crippen LogP contribution in [0.3, 0.4) is 0 Å². The van der Waals surface area contributed by atoms with Gasteiger partial charge in [-0.25, -0.2) is 9.97 Å². The predicted molar refractivity (Wildman–Crippen MR) is 67.2 cm³/mol. The third-order valence-corrected chi connectivity index (χ3v) is 3.21. The highest BCUT2D eigenvalue weighted by Gasteiger charge is 2.26. The summed E-state index contributed by atoms with van der Waals surface area (Å²) in [6.45, 7) is 6.62. The molecule has 1 aliphatic heterocycles. The highest BCUT2D eigenvalue weighted by molar-refractivity contribution is 5.42. The van der Waals surface area contributed by atoms with Gasteiger partial charge in [-0.05, 0) is 26.2 Å². The van der Waals surface area contributed by atoms with Crippen molar-refractivity contribution in [2.45, 2.75) is 26.3 Å². The molecule has 0 bridgehead atoms. The zero-order valence-corrected chi connectivity index (χ0v) is 10.5. The largest absolute Gasteiger partial charge is 0.478 e. The van der Waals surface area contributed by atoms with Crippen LogP contribution in [-0.4, -0.2) is 35.7 Å². The van der Waals surface area contributed by atoms with Gasteiger partial charge in [0.25, 0.3) is 0 Å². The molecule has 2 heterocycles. The summed E-state index contributed by atoms with van der Waals surface area (Å²) in [6, 6.07) is 2.14. The Kier molecular flexibility index (Phi) is 3.78. The molecule has 2 unspecified atom stereocenters. The lowest BCUT2D eigenvalue weighted by Crippen LogP contribution is -2.30. The van der Waals surface area contributed by atoms with Gasteiger partial charge in [0, 0.05) is 25.2 Å². The molecule has 1 fully saturated rings. The Morgan fingerprint density at radius 2 is 2.41 bits per heavy atom. The fraction of sp³-hybridized carbons (Fsp3) is 0.667. The first kappa shape index (κ1) is 12.1. The summed E-state index contributed by atoms with van der Waals surface area (Å²) in [4.78, 5) is 10.6. The molecule has 17 heavy (non-hydrogen) atoms. The normalized spacial score (nSPS) is 21.6. The first-order chi connectivity index (χ1) is 8.20. The Morgan fingerprint density at radius 3 is 3.06 bits per heavy atom. The molecule has 2 rings (SSSR count). The second kappa shape index (κ2) is 5.31. The maximum Gasteiger partial charge on any atom is 0.218 e. The number of ether oxygens (including phenoxy) is 1. The van der Waals surface area contributed by atoms with E-state index in [4.69, 9.17) is 10.5 Å². The molecule has 1 aromatic rings. The topological polar surface area (TPSA) is 64.3 Å². The Labute approximate surface area is 102 Å². The minimum absolute atomic E-state index is 0.244. The van der Waals surface area contributed by atoms with Gasteiger partial charge in [0.2, 0.25) is 5.88 Å². The summed E-state index contributed by atoms with van der Waals surface area (Å²) < 4.78 is 5.38. The van der Waals surface area contributed by atoms with Crippen LogP contribution >= 0.6 is 0 Å². The third kappa shape index (κ3) is 2.85. The number of anilines is 1. The smallest absolute Gasteiger partial charge is 0.218 e. The van der Waals surface area contributed by atoms with Crippen LogP contribution < -0.4 is 15.4 Å². The summed E-state index contributed by atoms with van der Waals surface area (Å²) in [6.07, 6.45) is 2.69. The Morgan fingerprint density at radius 1 is 1.59 bits per heavy atom. The molecule has 2 N–H and O–H groups in total. The monoisotopic (exact) mass is 236 g/mol. The van der Waals surface area contributed by atoms with Gasteiger partial charge in [-0.2, -0.15) is 0 Å². The van der Waals surface area contributed by atoms with E-state index in [0.717, 1.165) is 25.3 Å². The fourth-order valence-corrected chi connectivity index (χ4v) is 2.15. The van der Waals surface area contributed by atoms with E-state index >= 15 is 0 Å². The van der Waals surface area contributed by atoms with Crippen molar-refractivity contribution in [3.8, 4) is 5.88 Å². The number of nitrogens with zero attached hydrogens (tertiary/aromatic N) is 3. The van der Waals surface area contributed by atoms with Crippen molar-refractivity contribution >= 4 is 5.82 Å². The molecule has 5 heteroatoms. The van der Waals surface area contributed by atoms with E-state index in [-0.39, 0.29) is 6.04 Å². The zero-order chi connectivity index (χ0) is 12.3. The molecule has 0 aliphatic carbocycles. The van der Waals surface area contributed by atoms with E-state index in [1.54, 1.807) is 6.33 Å². The number of nitrogens with two attached hydrogens (primary N) is 1. The second-order valence-corrected chi connectivity index (χ2v) is 4.50. The van der Waals surface area contributed by atoms with Gasteiger partial charge >= 0.3 is 0 Å². The van der Waals surface area contributed by atoms with E-state index < -0.39 is 0 Å². The van der Waals surface area contributed by atoms with Crippen molar-refractivity contribution in [2.75, 3.05) is 24.6 Å². The maximum absolute atomic E-state index is 5.93. The Hall–Kier alpha value is -1.36. The quantitative estimate of drug-likeness (QED) is 0.846. The average Bonchev–Trinajstić information content (AvgIpc) is 2.79. The number of aromatic nitrogens is 2. The van der Waals surface area contributed by atoms with Crippen molar-refractivity contribution in [2.24, 2.45) is 11.7 Å². The van der Waals surface area contributed by atoms with Gasteiger partial charge in [-0.1, -0.05) is 0 Å². The molecular weight excluding hydrogens is 216 g/mol. The molecule has 0 amide bonds. The van der Waals surface area contributed by atoms with Crippen LogP contribution in [0.4, 0.5) is 5.82 Å². The van der Waals surface area contributed by atoms with Crippen LogP contribution in [-0.2, 0) is 0 Å². The molecule has 0 spiro atoms. The molecule has 0 radical (unpaired) electrons. The van der Waals surface area contributed by atoms with Gasteiger partial charge in [0.15, 0.2) is 0 Å². The lowest BCUT2D eigenvalue weighted by atomic mass is 10.0. The van der Waals surface area contributed by atoms with Crippen molar-refractivity contribution in [3.63, 3.8) is 0 Å². The molecule has 0 aromatic carbocycles. The molecule has 1 saturated heterocycles. The second-order valence-electron chi connectivity index (χ2n) is 4.50. The Balaban J connectivity index is 2.05. The molecule has 1 aliphatic rings. The lowest BCUT2D eigenvalue weighted by Gasteiger charge is -2.19. The molecule has 94 valence electrons. The standard InChI is InChI=1S/C12H20N4O/c1-3-17-12-6-11(14-8-15-12)16-5-4-10(7-16)9(2)13/h6,8-10H,3-5,7,13H2,1-2H3. The van der Waals surface area contributed by atoms with Gasteiger partial charge in [0.1, 0.15) is 12.1 Å². The highest BCUT2D eigenvalue weighted by Crippen LogP contribution is 2.24. The minimum Gasteiger partial charge on any atom is -0.478 e. The molecule has 1 aromatic heterocycles. The van der Waals surface area contributed by atoms with E-state index in [9.17, 15) is 0 Å². The average molecular weight is 236 g/mol. The SMILES string of the molecule is CCOc1cc(N2CCC(C(C)N)C2)ncn1. The van der Waals surface area contributed by atoms with Gasteiger partial charge in [-0.3, -0.25) is 0 Å². The van der Waals surface area contributed by atoms with Crippen molar-refractivity contribution in [1.29, 1.82) is 0 Å². The van der Waals surface area contributed by atoms with Crippen molar-refractivity contribution < 1.29 is 4.74 Å². The summed E-state index contributed by atoms with van der Waals surface area (Å²) >= 11 is 0. The van der Waals surface area contributed by atoms with Crippen LogP contribution in [0.2, 0.25) is 0 Å². The van der Waals surface area contributed by atoms with E-state index in [2.05, 4.69) is 21.8 Å². The lowest BCUT2D eigenvalue weighted by molar-refractivity contribution is 0.326. The summed E-state index contributed by atoms with van der Waals surface area (Å²) in [5, 5.41) is 0. The van der Waals surface area contributed by atoms with E-state index in [1.165, 1.54) is 0 Å². The zero-order valence-electron chi connectivity index (χ0n) is 10.5. The summed E-state index contributed by atoms with van der Waals surface area (Å²) in [5.41, 5.74) is 5.93. The third-order valence-electron chi connectivity index (χ3n) is 3.21. The molecule has 0 saturated carbocycles. The van der Waals surface area contributed by atoms with Crippen LogP contribution in [0.25, 0.3) is 0 Å². The fourth-order valence-electron chi connectivity index (χ4n) is 2.15. The number of rotatable bonds is 4. The first-order valence-corrected chi connectivity index (χ1v) is 6.16. The van der Waals surface area contributed by atoms with Crippen LogP contribution in [0.15, 0.2) is 12.4 Å². The Bertz CT molecular complexity index is 369. The molecule has 2 atom stereocenters. The minimum atomic E-state index is 0.244. The van der Waals surface area contributed by atoms with Crippen molar-refractivity contribution in [3.05, 3.63) is 12.4 Å². The molecular formula is C12H20N4O. The molecule has 5 nitrogen and oxygen atoms in total. The highest BCUT2D eigenvalue weighted by atomic mass is 16.5. The number of hydrogen-bond acceptors (Lipinski definition) is 5. The maximum atomic E-state index is 5.93.